The first-order valence-electron chi connectivity index (χ1n) is 5.36. The van der Waals surface area contributed by atoms with Gasteiger partial charge in [-0.15, -0.1) is 0 Å². The van der Waals surface area contributed by atoms with Gasteiger partial charge in [0.15, 0.2) is 11.6 Å². The quantitative estimate of drug-likeness (QED) is 0.771. The van der Waals surface area contributed by atoms with Gasteiger partial charge in [0.05, 0.1) is 7.11 Å². The van der Waals surface area contributed by atoms with Crippen molar-refractivity contribution in [2.75, 3.05) is 19.1 Å². The fourth-order valence-corrected chi connectivity index (χ4v) is 1.58. The lowest BCUT2D eigenvalue weighted by atomic mass is 10.0. The van der Waals surface area contributed by atoms with Crippen molar-refractivity contribution in [1.29, 1.82) is 0 Å². The van der Waals surface area contributed by atoms with Crippen molar-refractivity contribution in [1.82, 2.24) is 0 Å². The van der Waals surface area contributed by atoms with Crippen LogP contribution < -0.4 is 4.90 Å². The molecule has 0 aliphatic rings. The Labute approximate surface area is 105 Å². The van der Waals surface area contributed by atoms with Crippen molar-refractivity contribution < 1.29 is 19.1 Å². The summed E-state index contributed by atoms with van der Waals surface area (Å²) in [5.74, 6) is -0.409. The van der Waals surface area contributed by atoms with E-state index in [-0.39, 0.29) is 11.6 Å². The number of hydrogen-bond acceptors (Lipinski definition) is 4. The van der Waals surface area contributed by atoms with Crippen LogP contribution in [0.1, 0.15) is 34.6 Å². The van der Waals surface area contributed by atoms with Crippen LogP contribution >= 0.6 is 0 Å². The highest BCUT2D eigenvalue weighted by molar-refractivity contribution is 6.08. The van der Waals surface area contributed by atoms with Gasteiger partial charge in [0.25, 0.3) is 0 Å². The maximum absolute atomic E-state index is 11.5. The highest BCUT2D eigenvalue weighted by Crippen LogP contribution is 2.20. The summed E-state index contributed by atoms with van der Waals surface area (Å²) in [7, 11) is 2.80. The van der Waals surface area contributed by atoms with Crippen LogP contribution in [0.2, 0.25) is 0 Å². The number of nitrogens with zero attached hydrogens (tertiary/aromatic N) is 1. The molecule has 96 valence electrons. The summed E-state index contributed by atoms with van der Waals surface area (Å²) in [6, 6.07) is 4.64. The Hall–Kier alpha value is -2.17. The Balaban J connectivity index is 3.27. The van der Waals surface area contributed by atoms with Crippen LogP contribution in [-0.2, 0) is 4.74 Å². The molecule has 0 atom stereocenters. The Kier molecular flexibility index (Phi) is 4.20. The van der Waals surface area contributed by atoms with Crippen molar-refractivity contribution in [3.8, 4) is 0 Å². The van der Waals surface area contributed by atoms with Crippen LogP contribution in [0.4, 0.5) is 10.5 Å². The number of ketones is 2. The molecule has 1 rings (SSSR count). The van der Waals surface area contributed by atoms with Gasteiger partial charge in [0.2, 0.25) is 0 Å². The molecule has 1 aromatic carbocycles. The molecule has 0 N–H and O–H groups in total. The zero-order valence-corrected chi connectivity index (χ0v) is 10.8. The molecule has 0 fully saturated rings. The van der Waals surface area contributed by atoms with Gasteiger partial charge in [-0.25, -0.2) is 4.79 Å². The molecule has 0 bridgehead atoms. The molecule has 1 aromatic rings. The molecule has 1 amide bonds. The van der Waals surface area contributed by atoms with Gasteiger partial charge in [-0.2, -0.15) is 0 Å². The Morgan fingerprint density at radius 2 is 1.61 bits per heavy atom. The lowest BCUT2D eigenvalue weighted by Crippen LogP contribution is -2.26. The van der Waals surface area contributed by atoms with Crippen molar-refractivity contribution >= 4 is 23.3 Å². The summed E-state index contributed by atoms with van der Waals surface area (Å²) in [6.45, 7) is 2.77. The second-order valence-electron chi connectivity index (χ2n) is 3.87. The zero-order chi connectivity index (χ0) is 13.9. The Bertz CT molecular complexity index is 508. The molecule has 0 spiro atoms. The van der Waals surface area contributed by atoms with Crippen molar-refractivity contribution in [3.63, 3.8) is 0 Å². The van der Waals surface area contributed by atoms with Crippen molar-refractivity contribution in [2.45, 2.75) is 13.8 Å². The normalized spacial score (nSPS) is 9.78. The molecular weight excluding hydrogens is 234 g/mol. The predicted octanol–water partition coefficient (Wildman–Crippen LogP) is 2.29. The number of hydrogen-bond donors (Lipinski definition) is 0. The highest BCUT2D eigenvalue weighted by Gasteiger charge is 2.16. The average molecular weight is 249 g/mol. The second-order valence-corrected chi connectivity index (χ2v) is 3.87. The predicted molar refractivity (Wildman–Crippen MR) is 67.3 cm³/mol. The number of ether oxygens (including phenoxy) is 1. The van der Waals surface area contributed by atoms with Gasteiger partial charge in [0, 0.05) is 23.9 Å². The monoisotopic (exact) mass is 249 g/mol. The van der Waals surface area contributed by atoms with Crippen molar-refractivity contribution in [3.05, 3.63) is 29.3 Å². The van der Waals surface area contributed by atoms with E-state index in [1.807, 2.05) is 0 Å². The second kappa shape index (κ2) is 5.44. The third-order valence-corrected chi connectivity index (χ3v) is 2.60. The summed E-state index contributed by atoms with van der Waals surface area (Å²) < 4.78 is 4.58. The summed E-state index contributed by atoms with van der Waals surface area (Å²) in [6.07, 6.45) is -0.542. The number of Topliss-reactive ketones (excluding diaryl/α,β-unsaturated/α-hetero) is 2. The number of carbonyl (C=O) groups excluding carboxylic acids is 3. The van der Waals surface area contributed by atoms with Crippen LogP contribution in [0.5, 0.6) is 0 Å². The lowest BCUT2D eigenvalue weighted by Gasteiger charge is -2.17. The van der Waals surface area contributed by atoms with E-state index >= 15 is 0 Å². The fraction of sp³-hybridized carbons (Fsp3) is 0.308. The molecule has 5 heteroatoms. The molecule has 0 aliphatic carbocycles. The first-order chi connectivity index (χ1) is 8.38. The van der Waals surface area contributed by atoms with Crippen LogP contribution in [0.15, 0.2) is 18.2 Å². The molecule has 0 aromatic heterocycles. The number of carbonyl (C=O) groups is 3. The number of benzene rings is 1. The van der Waals surface area contributed by atoms with E-state index in [1.165, 1.54) is 45.0 Å². The minimum Gasteiger partial charge on any atom is -0.452 e. The van der Waals surface area contributed by atoms with E-state index in [1.54, 1.807) is 6.07 Å². The van der Waals surface area contributed by atoms with E-state index < -0.39 is 6.09 Å². The fourth-order valence-electron chi connectivity index (χ4n) is 1.58. The minimum atomic E-state index is -0.542. The number of methoxy groups -OCH3 is 1. The zero-order valence-electron chi connectivity index (χ0n) is 10.8. The van der Waals surface area contributed by atoms with Gasteiger partial charge in [0.1, 0.15) is 0 Å². The van der Waals surface area contributed by atoms with E-state index in [4.69, 9.17) is 0 Å². The third-order valence-electron chi connectivity index (χ3n) is 2.60. The highest BCUT2D eigenvalue weighted by atomic mass is 16.5. The SMILES string of the molecule is COC(=O)N(C)c1ccc(C(C)=O)c(C(C)=O)c1. The molecule has 18 heavy (non-hydrogen) atoms. The largest absolute Gasteiger partial charge is 0.452 e. The minimum absolute atomic E-state index is 0.188. The molecule has 0 radical (unpaired) electrons. The van der Waals surface area contributed by atoms with Gasteiger partial charge in [-0.05, 0) is 32.0 Å². The van der Waals surface area contributed by atoms with E-state index in [2.05, 4.69) is 4.74 Å². The molecule has 5 nitrogen and oxygen atoms in total. The topological polar surface area (TPSA) is 63.7 Å². The number of anilines is 1. The number of rotatable bonds is 3. The maximum atomic E-state index is 11.5. The molecule has 0 heterocycles. The van der Waals surface area contributed by atoms with Gasteiger partial charge < -0.3 is 4.74 Å². The number of amides is 1. The Morgan fingerprint density at radius 1 is 1.06 bits per heavy atom. The van der Waals surface area contributed by atoms with Crippen LogP contribution in [0.3, 0.4) is 0 Å². The van der Waals surface area contributed by atoms with Gasteiger partial charge in [-0.3, -0.25) is 14.5 Å². The van der Waals surface area contributed by atoms with Gasteiger partial charge >= 0.3 is 6.09 Å². The summed E-state index contributed by atoms with van der Waals surface area (Å²) in [5.41, 5.74) is 1.15. The van der Waals surface area contributed by atoms with Gasteiger partial charge in [-0.1, -0.05) is 0 Å². The third kappa shape index (κ3) is 2.74. The molecule has 0 aliphatic heterocycles. The van der Waals surface area contributed by atoms with Crippen LogP contribution in [-0.4, -0.2) is 31.8 Å². The summed E-state index contributed by atoms with van der Waals surface area (Å²) in [4.78, 5) is 35.5. The Morgan fingerprint density at radius 3 is 2.06 bits per heavy atom. The van der Waals surface area contributed by atoms with Crippen LogP contribution in [0, 0.1) is 0 Å². The lowest BCUT2D eigenvalue weighted by molar-refractivity contribution is 0.0981. The standard InChI is InChI=1S/C13H15NO4/c1-8(15)11-6-5-10(7-12(11)9(2)16)14(3)13(17)18-4/h5-7H,1-4H3. The van der Waals surface area contributed by atoms with E-state index in [9.17, 15) is 14.4 Å². The first-order valence-corrected chi connectivity index (χ1v) is 5.36. The molecule has 0 saturated carbocycles. The molecular formula is C13H15NO4. The molecule has 0 unspecified atom stereocenters. The summed E-state index contributed by atoms with van der Waals surface area (Å²) in [5, 5.41) is 0. The smallest absolute Gasteiger partial charge is 0.413 e. The van der Waals surface area contributed by atoms with Crippen LogP contribution in [0.25, 0.3) is 0 Å². The summed E-state index contributed by atoms with van der Waals surface area (Å²) >= 11 is 0. The average Bonchev–Trinajstić information content (AvgIpc) is 2.35. The first kappa shape index (κ1) is 13.9. The molecule has 0 saturated heterocycles. The maximum Gasteiger partial charge on any atom is 0.413 e. The van der Waals surface area contributed by atoms with Crippen molar-refractivity contribution in [2.24, 2.45) is 0 Å². The van der Waals surface area contributed by atoms with E-state index in [0.717, 1.165) is 0 Å². The van der Waals surface area contributed by atoms with E-state index in [0.29, 0.717) is 16.8 Å².